The van der Waals surface area contributed by atoms with Crippen molar-refractivity contribution in [3.05, 3.63) is 70.0 Å². The average Bonchev–Trinajstić information content (AvgIpc) is 3.27. The van der Waals surface area contributed by atoms with Gasteiger partial charge in [-0.3, -0.25) is 9.52 Å². The summed E-state index contributed by atoms with van der Waals surface area (Å²) in [5.41, 5.74) is -0.751. The van der Waals surface area contributed by atoms with Gasteiger partial charge >= 0.3 is 5.97 Å². The largest absolute Gasteiger partial charge is 0.491 e. The standard InChI is InChI=1S/C25H21ClF2N4O6S/c1-13(11-33)31-25-29-9-14(10-30-25)2-3-17-19(27)4-5-20(23(17)28)32-39(36,37)21-8-16(26)7-18-15(6-22(34)35)12-38-24(18)21/h4-5,7-10,13,15,32-33H,6,11-12H2,1H3,(H,34,35)(H,29,30,31). The number of carboxylic acid groups (broad SMARTS) is 1. The number of fused-ring (bicyclic) bond motifs is 1. The van der Waals surface area contributed by atoms with Gasteiger partial charge in [-0.05, 0) is 31.2 Å². The number of anilines is 2. The number of rotatable bonds is 8. The second-order valence-electron chi connectivity index (χ2n) is 8.59. The highest BCUT2D eigenvalue weighted by atomic mass is 35.5. The minimum absolute atomic E-state index is 0.00963. The average molecular weight is 579 g/mol. The Morgan fingerprint density at radius 3 is 2.64 bits per heavy atom. The first kappa shape index (κ1) is 28.0. The predicted octanol–water partition coefficient (Wildman–Crippen LogP) is 3.35. The van der Waals surface area contributed by atoms with Gasteiger partial charge in [0.1, 0.15) is 16.5 Å². The van der Waals surface area contributed by atoms with Crippen LogP contribution in [0.2, 0.25) is 5.02 Å². The molecule has 0 saturated carbocycles. The Labute approximate surface area is 227 Å². The van der Waals surface area contributed by atoms with Crippen LogP contribution >= 0.6 is 11.6 Å². The van der Waals surface area contributed by atoms with Crippen LogP contribution in [0.5, 0.6) is 5.75 Å². The van der Waals surface area contributed by atoms with Crippen molar-refractivity contribution in [1.82, 2.24) is 9.97 Å². The Bertz CT molecular complexity index is 1590. The fraction of sp³-hybridized carbons (Fsp3) is 0.240. The second kappa shape index (κ2) is 11.4. The summed E-state index contributed by atoms with van der Waals surface area (Å²) in [6.07, 6.45) is 2.32. The van der Waals surface area contributed by atoms with Crippen molar-refractivity contribution in [3.8, 4) is 17.6 Å². The van der Waals surface area contributed by atoms with Crippen molar-refractivity contribution in [3.63, 3.8) is 0 Å². The van der Waals surface area contributed by atoms with Crippen molar-refractivity contribution >= 4 is 39.2 Å². The van der Waals surface area contributed by atoms with Crippen molar-refractivity contribution < 1.29 is 36.9 Å². The fourth-order valence-corrected chi connectivity index (χ4v) is 5.26. The molecule has 1 aromatic heterocycles. The number of carbonyl (C=O) groups is 1. The summed E-state index contributed by atoms with van der Waals surface area (Å²) in [7, 11) is -4.51. The minimum Gasteiger partial charge on any atom is -0.491 e. The maximum atomic E-state index is 15.2. The number of aliphatic carboxylic acids is 1. The van der Waals surface area contributed by atoms with E-state index in [0.717, 1.165) is 18.2 Å². The quantitative estimate of drug-likeness (QED) is 0.295. The molecule has 2 aromatic carbocycles. The molecule has 2 heterocycles. The van der Waals surface area contributed by atoms with Gasteiger partial charge in [-0.25, -0.2) is 27.2 Å². The van der Waals surface area contributed by atoms with Crippen LogP contribution < -0.4 is 14.8 Å². The molecule has 3 aromatic rings. The summed E-state index contributed by atoms with van der Waals surface area (Å²) in [4.78, 5) is 18.8. The van der Waals surface area contributed by atoms with Crippen molar-refractivity contribution in [2.24, 2.45) is 0 Å². The van der Waals surface area contributed by atoms with E-state index >= 15 is 4.39 Å². The maximum Gasteiger partial charge on any atom is 0.304 e. The highest BCUT2D eigenvalue weighted by Gasteiger charge is 2.33. The molecule has 0 fully saturated rings. The molecule has 204 valence electrons. The Morgan fingerprint density at radius 2 is 1.97 bits per heavy atom. The van der Waals surface area contributed by atoms with Gasteiger partial charge in [0, 0.05) is 34.9 Å². The number of aromatic nitrogens is 2. The van der Waals surface area contributed by atoms with E-state index in [9.17, 15) is 17.6 Å². The van der Waals surface area contributed by atoms with Crippen molar-refractivity contribution in [2.45, 2.75) is 30.2 Å². The fourth-order valence-electron chi connectivity index (χ4n) is 3.71. The third-order valence-corrected chi connectivity index (χ3v) is 7.19. The second-order valence-corrected chi connectivity index (χ2v) is 10.7. The lowest BCUT2D eigenvalue weighted by Crippen LogP contribution is -2.20. The van der Waals surface area contributed by atoms with Gasteiger partial charge in [0.05, 0.1) is 36.4 Å². The predicted molar refractivity (Wildman–Crippen MR) is 137 cm³/mol. The molecule has 0 amide bonds. The Hall–Kier alpha value is -3.99. The SMILES string of the molecule is CC(CO)Nc1ncc(C#Cc2c(F)ccc(NS(=O)(=O)c3cc(Cl)cc4c3OCC4CC(=O)O)c2F)cn1. The molecule has 4 N–H and O–H groups in total. The molecule has 0 spiro atoms. The molecule has 0 aliphatic carbocycles. The van der Waals surface area contributed by atoms with Crippen LogP contribution in [0.15, 0.2) is 41.6 Å². The highest BCUT2D eigenvalue weighted by molar-refractivity contribution is 7.92. The van der Waals surface area contributed by atoms with Gasteiger partial charge in [-0.15, -0.1) is 0 Å². The normalized spacial score (nSPS) is 14.9. The van der Waals surface area contributed by atoms with Crippen molar-refractivity contribution in [2.75, 3.05) is 23.3 Å². The minimum atomic E-state index is -4.51. The van der Waals surface area contributed by atoms with Gasteiger partial charge in [0.15, 0.2) is 5.82 Å². The molecule has 39 heavy (non-hydrogen) atoms. The Kier molecular flexibility index (Phi) is 8.19. The maximum absolute atomic E-state index is 15.2. The van der Waals surface area contributed by atoms with E-state index in [1.165, 1.54) is 18.5 Å². The molecule has 14 heteroatoms. The Morgan fingerprint density at radius 1 is 1.26 bits per heavy atom. The van der Waals surface area contributed by atoms with Gasteiger partial charge in [-0.2, -0.15) is 0 Å². The third kappa shape index (κ3) is 6.36. The molecule has 2 unspecified atom stereocenters. The number of sulfonamides is 1. The zero-order valence-corrected chi connectivity index (χ0v) is 21.8. The zero-order chi connectivity index (χ0) is 28.3. The lowest BCUT2D eigenvalue weighted by molar-refractivity contribution is -0.137. The molecule has 0 bridgehead atoms. The van der Waals surface area contributed by atoms with Gasteiger partial charge in [0.25, 0.3) is 10.0 Å². The molecular formula is C25H21ClF2N4O6S. The van der Waals surface area contributed by atoms with Gasteiger partial charge < -0.3 is 20.3 Å². The molecule has 0 radical (unpaired) electrons. The molecule has 4 rings (SSSR count). The summed E-state index contributed by atoms with van der Waals surface area (Å²) < 4.78 is 63.6. The first-order valence-corrected chi connectivity index (χ1v) is 13.2. The number of nitrogens with zero attached hydrogens (tertiary/aromatic N) is 2. The van der Waals surface area contributed by atoms with Crippen LogP contribution in [0.4, 0.5) is 20.4 Å². The number of halogens is 3. The van der Waals surface area contributed by atoms with Crippen LogP contribution in [0.3, 0.4) is 0 Å². The number of hydrogen-bond acceptors (Lipinski definition) is 8. The summed E-state index contributed by atoms with van der Waals surface area (Å²) in [5, 5.41) is 21.0. The number of ether oxygens (including phenoxy) is 1. The van der Waals surface area contributed by atoms with Crippen molar-refractivity contribution in [1.29, 1.82) is 0 Å². The number of aliphatic hydroxyl groups excluding tert-OH is 1. The third-order valence-electron chi connectivity index (χ3n) is 5.60. The monoisotopic (exact) mass is 578 g/mol. The van der Waals surface area contributed by atoms with Crippen LogP contribution in [0.25, 0.3) is 0 Å². The smallest absolute Gasteiger partial charge is 0.304 e. The van der Waals surface area contributed by atoms with E-state index in [0.29, 0.717) is 5.56 Å². The van der Waals surface area contributed by atoms with Crippen LogP contribution in [0, 0.1) is 23.5 Å². The van der Waals surface area contributed by atoms with E-state index in [-0.39, 0.29) is 48.0 Å². The Balaban J connectivity index is 1.62. The zero-order valence-electron chi connectivity index (χ0n) is 20.2. The van der Waals surface area contributed by atoms with Gasteiger partial charge in [-0.1, -0.05) is 23.4 Å². The van der Waals surface area contributed by atoms with E-state index in [1.807, 2.05) is 0 Å². The van der Waals surface area contributed by atoms with Crippen LogP contribution in [-0.4, -0.2) is 53.8 Å². The molecule has 1 aliphatic heterocycles. The molecule has 1 aliphatic rings. The molecular weight excluding hydrogens is 558 g/mol. The highest BCUT2D eigenvalue weighted by Crippen LogP contribution is 2.43. The molecule has 2 atom stereocenters. The first-order valence-electron chi connectivity index (χ1n) is 11.4. The number of carboxylic acids is 1. The van der Waals surface area contributed by atoms with Crippen LogP contribution in [-0.2, 0) is 14.8 Å². The van der Waals surface area contributed by atoms with E-state index in [4.69, 9.17) is 26.6 Å². The summed E-state index contributed by atoms with van der Waals surface area (Å²) in [5.74, 6) is 0.983. The van der Waals surface area contributed by atoms with E-state index in [1.54, 1.807) is 6.92 Å². The topological polar surface area (TPSA) is 151 Å². The van der Waals surface area contributed by atoms with Gasteiger partial charge in [0.2, 0.25) is 5.95 Å². The summed E-state index contributed by atoms with van der Waals surface area (Å²) >= 11 is 6.10. The van der Waals surface area contributed by atoms with E-state index < -0.39 is 49.7 Å². The first-order chi connectivity index (χ1) is 18.5. The lowest BCUT2D eigenvalue weighted by atomic mass is 9.98. The van der Waals surface area contributed by atoms with Crippen LogP contribution in [0.1, 0.15) is 36.0 Å². The number of hydrogen-bond donors (Lipinski definition) is 4. The number of aliphatic hydroxyl groups is 1. The molecule has 10 nitrogen and oxygen atoms in total. The lowest BCUT2D eigenvalue weighted by Gasteiger charge is -2.13. The number of nitrogens with one attached hydrogen (secondary N) is 2. The van der Waals surface area contributed by atoms with E-state index in [2.05, 4.69) is 31.8 Å². The number of benzene rings is 2. The molecule has 0 saturated heterocycles. The summed E-state index contributed by atoms with van der Waals surface area (Å²) in [6.45, 7) is 1.50. The summed E-state index contributed by atoms with van der Waals surface area (Å²) in [6, 6.07) is 3.98.